The third-order valence-electron chi connectivity index (χ3n) is 3.89. The van der Waals surface area contributed by atoms with E-state index in [2.05, 4.69) is 4.57 Å². The maximum absolute atomic E-state index is 11.6. The van der Waals surface area contributed by atoms with Crippen molar-refractivity contribution < 1.29 is 9.53 Å². The molecule has 1 aromatic heterocycles. The summed E-state index contributed by atoms with van der Waals surface area (Å²) in [6.45, 7) is 0. The van der Waals surface area contributed by atoms with E-state index in [0.29, 0.717) is 0 Å². The molecular weight excluding hydrogens is 228 g/mol. The highest BCUT2D eigenvalue weighted by molar-refractivity contribution is 5.90. The second-order valence-electron chi connectivity index (χ2n) is 4.89. The number of aromatic nitrogens is 1. The number of esters is 1. The van der Waals surface area contributed by atoms with Crippen LogP contribution in [-0.4, -0.2) is 17.6 Å². The van der Waals surface area contributed by atoms with Crippen molar-refractivity contribution >= 4 is 22.6 Å². The summed E-state index contributed by atoms with van der Waals surface area (Å²) in [7, 11) is 3.48. The van der Waals surface area contributed by atoms with E-state index in [0.717, 1.165) is 18.5 Å². The van der Waals surface area contributed by atoms with E-state index in [1.54, 1.807) is 0 Å². The molecule has 0 saturated carbocycles. The van der Waals surface area contributed by atoms with E-state index < -0.39 is 0 Å². The average Bonchev–Trinajstić information content (AvgIpc) is 2.90. The monoisotopic (exact) mass is 244 g/mol. The van der Waals surface area contributed by atoms with Crippen molar-refractivity contribution in [3.8, 4) is 0 Å². The number of aryl methyl sites for hydroxylation is 1. The zero-order valence-electron chi connectivity index (χ0n) is 10.6. The first kappa shape index (κ1) is 11.1. The standard InChI is InChI=1S/C14H16N2O2/c1-16-12-4-3-9(15)7-11(12)10-5-8(6-13(10)16)14(17)18-2/h3-4,7-8H,5-6,15H2,1-2H3/t8-/m0/s1. The molecule has 0 unspecified atom stereocenters. The minimum atomic E-state index is -0.122. The molecular formula is C14H16N2O2. The number of anilines is 1. The highest BCUT2D eigenvalue weighted by Crippen LogP contribution is 2.36. The van der Waals surface area contributed by atoms with Crippen LogP contribution in [0.4, 0.5) is 5.69 Å². The second-order valence-corrected chi connectivity index (χ2v) is 4.89. The molecule has 0 aliphatic heterocycles. The molecule has 1 aliphatic rings. The third kappa shape index (κ3) is 1.41. The van der Waals surface area contributed by atoms with Crippen molar-refractivity contribution in [1.82, 2.24) is 4.57 Å². The van der Waals surface area contributed by atoms with Crippen LogP contribution in [0.5, 0.6) is 0 Å². The van der Waals surface area contributed by atoms with Gasteiger partial charge in [0.15, 0.2) is 0 Å². The summed E-state index contributed by atoms with van der Waals surface area (Å²) >= 11 is 0. The Labute approximate surface area is 105 Å². The maximum Gasteiger partial charge on any atom is 0.309 e. The predicted molar refractivity (Wildman–Crippen MR) is 70.2 cm³/mol. The third-order valence-corrected chi connectivity index (χ3v) is 3.89. The number of hydrogen-bond donors (Lipinski definition) is 1. The van der Waals surface area contributed by atoms with Gasteiger partial charge in [-0.05, 0) is 30.2 Å². The van der Waals surface area contributed by atoms with Gasteiger partial charge in [-0.2, -0.15) is 0 Å². The molecule has 2 N–H and O–H groups in total. The number of fused-ring (bicyclic) bond motifs is 3. The summed E-state index contributed by atoms with van der Waals surface area (Å²) in [5, 5.41) is 1.17. The molecule has 2 aromatic rings. The minimum Gasteiger partial charge on any atom is -0.469 e. The molecule has 4 heteroatoms. The first-order valence-electron chi connectivity index (χ1n) is 6.05. The summed E-state index contributed by atoms with van der Waals surface area (Å²) in [5.41, 5.74) is 10.3. The number of ether oxygens (including phenoxy) is 1. The van der Waals surface area contributed by atoms with Crippen LogP contribution in [0.3, 0.4) is 0 Å². The number of nitrogen functional groups attached to an aromatic ring is 1. The van der Waals surface area contributed by atoms with Gasteiger partial charge in [-0.3, -0.25) is 4.79 Å². The van der Waals surface area contributed by atoms with E-state index in [1.807, 2.05) is 25.2 Å². The van der Waals surface area contributed by atoms with Gasteiger partial charge in [0.25, 0.3) is 0 Å². The topological polar surface area (TPSA) is 57.2 Å². The zero-order chi connectivity index (χ0) is 12.9. The quantitative estimate of drug-likeness (QED) is 0.613. The van der Waals surface area contributed by atoms with Gasteiger partial charge in [0, 0.05) is 35.8 Å². The van der Waals surface area contributed by atoms with Crippen LogP contribution in [0.2, 0.25) is 0 Å². The molecule has 1 aliphatic carbocycles. The summed E-state index contributed by atoms with van der Waals surface area (Å²) in [6, 6.07) is 5.94. The van der Waals surface area contributed by atoms with E-state index in [9.17, 15) is 4.79 Å². The summed E-state index contributed by atoms with van der Waals surface area (Å²) in [6.07, 6.45) is 1.51. The molecule has 1 aromatic carbocycles. The van der Waals surface area contributed by atoms with E-state index in [4.69, 9.17) is 10.5 Å². The van der Waals surface area contributed by atoms with E-state index in [-0.39, 0.29) is 11.9 Å². The molecule has 1 heterocycles. The fourth-order valence-electron chi connectivity index (χ4n) is 2.96. The smallest absolute Gasteiger partial charge is 0.309 e. The van der Waals surface area contributed by atoms with Crippen molar-refractivity contribution in [3.05, 3.63) is 29.5 Å². The maximum atomic E-state index is 11.6. The molecule has 0 bridgehead atoms. The highest BCUT2D eigenvalue weighted by Gasteiger charge is 2.32. The fraction of sp³-hybridized carbons (Fsp3) is 0.357. The van der Waals surface area contributed by atoms with Crippen LogP contribution >= 0.6 is 0 Å². The van der Waals surface area contributed by atoms with Crippen LogP contribution in [0, 0.1) is 5.92 Å². The molecule has 0 amide bonds. The van der Waals surface area contributed by atoms with Crippen molar-refractivity contribution in [2.75, 3.05) is 12.8 Å². The minimum absolute atomic E-state index is 0.0444. The number of hydrogen-bond acceptors (Lipinski definition) is 3. The van der Waals surface area contributed by atoms with E-state index >= 15 is 0 Å². The molecule has 0 fully saturated rings. The van der Waals surface area contributed by atoms with Crippen LogP contribution in [0.1, 0.15) is 11.3 Å². The van der Waals surface area contributed by atoms with Crippen LogP contribution in [0.25, 0.3) is 10.9 Å². The van der Waals surface area contributed by atoms with Gasteiger partial charge in [0.1, 0.15) is 0 Å². The molecule has 3 rings (SSSR count). The normalized spacial score (nSPS) is 18.0. The van der Waals surface area contributed by atoms with Gasteiger partial charge in [0.05, 0.1) is 13.0 Å². The molecule has 0 saturated heterocycles. The van der Waals surface area contributed by atoms with Crippen molar-refractivity contribution in [2.45, 2.75) is 12.8 Å². The van der Waals surface area contributed by atoms with E-state index in [1.165, 1.54) is 29.3 Å². The predicted octanol–water partition coefficient (Wildman–Crippen LogP) is 1.65. The molecule has 4 nitrogen and oxygen atoms in total. The molecule has 0 radical (unpaired) electrons. The Kier molecular flexibility index (Phi) is 2.33. The zero-order valence-corrected chi connectivity index (χ0v) is 10.6. The summed E-state index contributed by atoms with van der Waals surface area (Å²) in [5.74, 6) is -0.166. The number of rotatable bonds is 1. The Hall–Kier alpha value is -1.97. The average molecular weight is 244 g/mol. The number of methoxy groups -OCH3 is 1. The number of carbonyl (C=O) groups excluding carboxylic acids is 1. The lowest BCUT2D eigenvalue weighted by atomic mass is 10.0. The number of nitrogens with two attached hydrogens (primary N) is 1. The molecule has 94 valence electrons. The Morgan fingerprint density at radius 3 is 2.94 bits per heavy atom. The lowest BCUT2D eigenvalue weighted by Crippen LogP contribution is -2.17. The lowest BCUT2D eigenvalue weighted by molar-refractivity contribution is -0.145. The Morgan fingerprint density at radius 1 is 1.44 bits per heavy atom. The van der Waals surface area contributed by atoms with Gasteiger partial charge in [-0.25, -0.2) is 0 Å². The van der Waals surface area contributed by atoms with Crippen LogP contribution in [0.15, 0.2) is 18.2 Å². The lowest BCUT2D eigenvalue weighted by Gasteiger charge is -2.08. The number of nitrogens with zero attached hydrogens (tertiary/aromatic N) is 1. The number of carbonyl (C=O) groups is 1. The molecule has 1 atom stereocenters. The number of benzene rings is 1. The van der Waals surface area contributed by atoms with Crippen LogP contribution in [-0.2, 0) is 29.4 Å². The van der Waals surface area contributed by atoms with Gasteiger partial charge in [-0.1, -0.05) is 0 Å². The molecule has 0 spiro atoms. The summed E-state index contributed by atoms with van der Waals surface area (Å²) < 4.78 is 7.00. The second kappa shape index (κ2) is 3.77. The largest absolute Gasteiger partial charge is 0.469 e. The SMILES string of the molecule is COC(=O)[C@H]1Cc2c(n(C)c3ccc(N)cc23)C1. The summed E-state index contributed by atoms with van der Waals surface area (Å²) in [4.78, 5) is 11.6. The van der Waals surface area contributed by atoms with Gasteiger partial charge in [0.2, 0.25) is 0 Å². The van der Waals surface area contributed by atoms with Gasteiger partial charge in [-0.15, -0.1) is 0 Å². The first-order chi connectivity index (χ1) is 8.61. The van der Waals surface area contributed by atoms with Crippen molar-refractivity contribution in [3.63, 3.8) is 0 Å². The van der Waals surface area contributed by atoms with Gasteiger partial charge >= 0.3 is 5.97 Å². The van der Waals surface area contributed by atoms with Crippen molar-refractivity contribution in [2.24, 2.45) is 13.0 Å². The fourth-order valence-corrected chi connectivity index (χ4v) is 2.96. The van der Waals surface area contributed by atoms with Gasteiger partial charge < -0.3 is 15.0 Å². The Balaban J connectivity index is 2.12. The Bertz CT molecular complexity index is 643. The Morgan fingerprint density at radius 2 is 2.22 bits per heavy atom. The molecule has 18 heavy (non-hydrogen) atoms. The highest BCUT2D eigenvalue weighted by atomic mass is 16.5. The van der Waals surface area contributed by atoms with Crippen molar-refractivity contribution in [1.29, 1.82) is 0 Å². The van der Waals surface area contributed by atoms with Crippen LogP contribution < -0.4 is 5.73 Å². The first-order valence-corrected chi connectivity index (χ1v) is 6.05.